The molecule has 140 valence electrons. The molecule has 1 saturated heterocycles. The molecule has 6 nitrogen and oxygen atoms in total. The summed E-state index contributed by atoms with van der Waals surface area (Å²) < 4.78 is 2.83. The van der Waals surface area contributed by atoms with Crippen LogP contribution in [0.3, 0.4) is 0 Å². The van der Waals surface area contributed by atoms with E-state index in [1.54, 1.807) is 34.0 Å². The van der Waals surface area contributed by atoms with Crippen LogP contribution >= 0.6 is 23.1 Å². The molecule has 0 atom stereocenters. The summed E-state index contributed by atoms with van der Waals surface area (Å²) in [6, 6.07) is 9.78. The smallest absolute Gasteiger partial charge is 0.252 e. The lowest BCUT2D eigenvalue weighted by atomic mass is 9.87. The van der Waals surface area contributed by atoms with Gasteiger partial charge in [-0.2, -0.15) is 5.10 Å². The first kappa shape index (κ1) is 18.2. The highest BCUT2D eigenvalue weighted by molar-refractivity contribution is 8.01. The van der Waals surface area contributed by atoms with Crippen LogP contribution in [0, 0.1) is 6.92 Å². The van der Waals surface area contributed by atoms with Crippen LogP contribution in [0.2, 0.25) is 0 Å². The molecule has 1 aliphatic heterocycles. The number of aryl methyl sites for hydroxylation is 1. The summed E-state index contributed by atoms with van der Waals surface area (Å²) in [5.41, 5.74) is 1.20. The fraction of sp³-hybridized carbons (Fsp3) is 0.316. The second-order valence-corrected chi connectivity index (χ2v) is 8.75. The van der Waals surface area contributed by atoms with Gasteiger partial charge in [-0.1, -0.05) is 11.8 Å². The highest BCUT2D eigenvalue weighted by Crippen LogP contribution is 2.32. The normalized spacial score (nSPS) is 16.2. The highest BCUT2D eigenvalue weighted by Gasteiger charge is 2.42. The molecular weight excluding hydrogens is 378 g/mol. The van der Waals surface area contributed by atoms with E-state index in [0.717, 1.165) is 46.5 Å². The molecule has 0 radical (unpaired) electrons. The highest BCUT2D eigenvalue weighted by atomic mass is 32.2. The molecule has 1 aromatic carbocycles. The molecule has 0 bridgehead atoms. The Morgan fingerprint density at radius 3 is 2.70 bits per heavy atom. The van der Waals surface area contributed by atoms with Crippen LogP contribution in [-0.2, 0) is 10.3 Å². The minimum atomic E-state index is -0.638. The van der Waals surface area contributed by atoms with Gasteiger partial charge in [0.25, 0.3) is 5.91 Å². The van der Waals surface area contributed by atoms with Crippen molar-refractivity contribution in [2.75, 3.05) is 18.4 Å². The summed E-state index contributed by atoms with van der Waals surface area (Å²) >= 11 is 3.28. The van der Waals surface area contributed by atoms with Gasteiger partial charge in [-0.05, 0) is 63.2 Å². The van der Waals surface area contributed by atoms with Gasteiger partial charge >= 0.3 is 0 Å². The first-order valence-electron chi connectivity index (χ1n) is 8.88. The molecule has 1 fully saturated rings. The zero-order chi connectivity index (χ0) is 18.7. The molecule has 27 heavy (non-hydrogen) atoms. The molecule has 1 amide bonds. The Morgan fingerprint density at radius 2 is 2.07 bits per heavy atom. The van der Waals surface area contributed by atoms with Crippen molar-refractivity contribution < 1.29 is 4.79 Å². The molecule has 1 aliphatic rings. The van der Waals surface area contributed by atoms with Crippen LogP contribution in [0.5, 0.6) is 0 Å². The number of rotatable bonds is 5. The maximum atomic E-state index is 13.2. The monoisotopic (exact) mass is 399 g/mol. The number of amides is 1. The van der Waals surface area contributed by atoms with Crippen molar-refractivity contribution in [2.24, 2.45) is 0 Å². The molecule has 0 saturated carbocycles. The van der Waals surface area contributed by atoms with Crippen molar-refractivity contribution in [2.45, 2.75) is 34.5 Å². The van der Waals surface area contributed by atoms with Crippen LogP contribution in [0.25, 0.3) is 0 Å². The summed E-state index contributed by atoms with van der Waals surface area (Å²) in [7, 11) is 0. The van der Waals surface area contributed by atoms with Gasteiger partial charge in [0.15, 0.2) is 4.34 Å². The average Bonchev–Trinajstić information content (AvgIpc) is 3.36. The number of anilines is 1. The van der Waals surface area contributed by atoms with Gasteiger partial charge in [0.05, 0.1) is 0 Å². The van der Waals surface area contributed by atoms with Crippen LogP contribution in [0.1, 0.15) is 18.5 Å². The van der Waals surface area contributed by atoms with Crippen molar-refractivity contribution in [1.82, 2.24) is 20.1 Å². The van der Waals surface area contributed by atoms with E-state index in [0.29, 0.717) is 0 Å². The van der Waals surface area contributed by atoms with E-state index in [-0.39, 0.29) is 5.91 Å². The maximum Gasteiger partial charge on any atom is 0.252 e. The van der Waals surface area contributed by atoms with Crippen LogP contribution in [-0.4, -0.2) is 33.8 Å². The maximum absolute atomic E-state index is 13.2. The van der Waals surface area contributed by atoms with Crippen molar-refractivity contribution in [3.05, 3.63) is 53.8 Å². The first-order valence-corrected chi connectivity index (χ1v) is 10.6. The van der Waals surface area contributed by atoms with E-state index >= 15 is 0 Å². The van der Waals surface area contributed by atoms with Crippen LogP contribution in [0.4, 0.5) is 5.69 Å². The zero-order valence-corrected chi connectivity index (χ0v) is 16.6. The van der Waals surface area contributed by atoms with Crippen LogP contribution in [0.15, 0.2) is 57.3 Å². The lowest BCUT2D eigenvalue weighted by molar-refractivity contribution is -0.126. The Morgan fingerprint density at radius 1 is 1.30 bits per heavy atom. The third kappa shape index (κ3) is 3.92. The second-order valence-electron chi connectivity index (χ2n) is 6.57. The Kier molecular flexibility index (Phi) is 5.29. The number of hydrogen-bond donors (Lipinski definition) is 2. The number of carbonyl (C=O) groups excluding carboxylic acids is 1. The average molecular weight is 400 g/mol. The van der Waals surface area contributed by atoms with Gasteiger partial charge < -0.3 is 10.6 Å². The lowest BCUT2D eigenvalue weighted by Crippen LogP contribution is -2.52. The summed E-state index contributed by atoms with van der Waals surface area (Å²) in [4.78, 5) is 18.7. The molecule has 0 spiro atoms. The number of piperidine rings is 1. The third-order valence-electron chi connectivity index (χ3n) is 4.71. The molecule has 0 unspecified atom stereocenters. The molecule has 3 heterocycles. The molecular formula is C19H21N5OS2. The topological polar surface area (TPSA) is 71.8 Å². The SMILES string of the molecule is Cc1csc(Sc2ccc(NC(=O)C3(n4cccn4)CCNCC3)cc2)n1. The van der Waals surface area contributed by atoms with Crippen LogP contribution < -0.4 is 10.6 Å². The Bertz CT molecular complexity index is 899. The van der Waals surface area contributed by atoms with Gasteiger partial charge in [0.2, 0.25) is 0 Å². The molecule has 2 N–H and O–H groups in total. The zero-order valence-electron chi connectivity index (χ0n) is 15.0. The molecule has 2 aromatic heterocycles. The number of carbonyl (C=O) groups is 1. The Balaban J connectivity index is 1.48. The van der Waals surface area contributed by atoms with Gasteiger partial charge in [0, 0.05) is 34.1 Å². The predicted octanol–water partition coefficient (Wildman–Crippen LogP) is 3.52. The number of hydrogen-bond acceptors (Lipinski definition) is 6. The summed E-state index contributed by atoms with van der Waals surface area (Å²) in [5.74, 6) is -0.0105. The number of nitrogens with zero attached hydrogens (tertiary/aromatic N) is 3. The van der Waals surface area contributed by atoms with E-state index in [2.05, 4.69) is 20.7 Å². The first-order chi connectivity index (χ1) is 13.2. The Labute approximate surface area is 166 Å². The Hall–Kier alpha value is -2.16. The molecule has 0 aliphatic carbocycles. The van der Waals surface area contributed by atoms with E-state index in [9.17, 15) is 4.79 Å². The largest absolute Gasteiger partial charge is 0.324 e. The number of nitrogens with one attached hydrogen (secondary N) is 2. The quantitative estimate of drug-likeness (QED) is 0.687. The summed E-state index contributed by atoms with van der Waals surface area (Å²) in [6.45, 7) is 3.60. The van der Waals surface area contributed by atoms with Gasteiger partial charge in [-0.15, -0.1) is 11.3 Å². The van der Waals surface area contributed by atoms with Crippen molar-refractivity contribution in [3.8, 4) is 0 Å². The lowest BCUT2D eigenvalue weighted by Gasteiger charge is -2.36. The second kappa shape index (κ2) is 7.84. The number of aromatic nitrogens is 3. The van der Waals surface area contributed by atoms with Crippen molar-refractivity contribution >= 4 is 34.7 Å². The standard InChI is InChI=1S/C19H21N5OS2/c1-14-13-26-18(22-14)27-16-5-3-15(4-6-16)23-17(25)19(7-10-20-11-8-19)24-12-2-9-21-24/h2-6,9,12-13,20H,7-8,10-11H2,1H3,(H,23,25). The van der Waals surface area contributed by atoms with E-state index in [1.807, 2.05) is 48.8 Å². The fourth-order valence-electron chi connectivity index (χ4n) is 3.26. The van der Waals surface area contributed by atoms with E-state index in [1.165, 1.54) is 0 Å². The van der Waals surface area contributed by atoms with E-state index in [4.69, 9.17) is 0 Å². The van der Waals surface area contributed by atoms with Crippen molar-refractivity contribution in [3.63, 3.8) is 0 Å². The molecule has 4 rings (SSSR count). The minimum absolute atomic E-state index is 0.0105. The predicted molar refractivity (Wildman–Crippen MR) is 108 cm³/mol. The third-order valence-corrected chi connectivity index (χ3v) is 6.78. The van der Waals surface area contributed by atoms with Crippen molar-refractivity contribution in [1.29, 1.82) is 0 Å². The minimum Gasteiger partial charge on any atom is -0.324 e. The number of benzene rings is 1. The van der Waals surface area contributed by atoms with Gasteiger partial charge in [-0.25, -0.2) is 4.98 Å². The summed E-state index contributed by atoms with van der Waals surface area (Å²) in [6.07, 6.45) is 5.04. The van der Waals surface area contributed by atoms with Gasteiger partial charge in [-0.3, -0.25) is 9.48 Å². The van der Waals surface area contributed by atoms with E-state index < -0.39 is 5.54 Å². The summed E-state index contributed by atoms with van der Waals surface area (Å²) in [5, 5.41) is 12.8. The fourth-order valence-corrected chi connectivity index (χ4v) is 5.07. The molecule has 8 heteroatoms. The van der Waals surface area contributed by atoms with Gasteiger partial charge in [0.1, 0.15) is 5.54 Å². The molecule has 3 aromatic rings. The number of thiazole rings is 1.